The van der Waals surface area contributed by atoms with Crippen LogP contribution >= 0.6 is 0 Å². The number of carbonyl (C=O) groups is 1. The van der Waals surface area contributed by atoms with E-state index >= 15 is 0 Å². The van der Waals surface area contributed by atoms with E-state index in [1.165, 1.54) is 20.0 Å². The number of hydrogen-bond donors (Lipinski definition) is 0. The van der Waals surface area contributed by atoms with Crippen LogP contribution in [0.5, 0.6) is 0 Å². The third-order valence-corrected chi connectivity index (χ3v) is 3.38. The van der Waals surface area contributed by atoms with Crippen molar-refractivity contribution >= 4 is 17.2 Å². The van der Waals surface area contributed by atoms with E-state index in [9.17, 15) is 4.79 Å². The smallest absolute Gasteiger partial charge is 0.341 e. The van der Waals surface area contributed by atoms with Crippen molar-refractivity contribution in [3.05, 3.63) is 30.1 Å². The minimum atomic E-state index is -0.348. The fraction of sp³-hybridized carbons (Fsp3) is 0.385. The van der Waals surface area contributed by atoms with Gasteiger partial charge in [0.25, 0.3) is 0 Å². The summed E-state index contributed by atoms with van der Waals surface area (Å²) < 4.78 is 6.47. The molecule has 3 rings (SSSR count). The largest absolute Gasteiger partial charge is 0.465 e. The molecular weight excluding hydrogens is 230 g/mol. The van der Waals surface area contributed by atoms with Crippen molar-refractivity contribution in [2.75, 3.05) is 25.1 Å². The molecule has 1 aliphatic heterocycles. The topological polar surface area (TPSA) is 46.8 Å². The Kier molecular flexibility index (Phi) is 2.66. The molecule has 0 spiro atoms. The average Bonchev–Trinajstić information content (AvgIpc) is 3.06. The molecule has 0 aromatic carbocycles. The van der Waals surface area contributed by atoms with Crippen LogP contribution in [0.1, 0.15) is 23.2 Å². The average molecular weight is 245 g/mol. The van der Waals surface area contributed by atoms with Gasteiger partial charge >= 0.3 is 5.97 Å². The van der Waals surface area contributed by atoms with Gasteiger partial charge in [-0.2, -0.15) is 5.10 Å². The Bertz CT molecular complexity index is 585. The number of pyridine rings is 1. The minimum Gasteiger partial charge on any atom is -0.465 e. The molecular formula is C13H15N3O2. The lowest BCUT2D eigenvalue weighted by Gasteiger charge is -2.17. The van der Waals surface area contributed by atoms with Gasteiger partial charge in [-0.25, -0.2) is 9.31 Å². The molecule has 0 N–H and O–H groups in total. The highest BCUT2D eigenvalue weighted by atomic mass is 16.5. The van der Waals surface area contributed by atoms with E-state index in [0.717, 1.165) is 24.3 Å². The van der Waals surface area contributed by atoms with Crippen molar-refractivity contribution in [1.29, 1.82) is 0 Å². The number of carbonyl (C=O) groups excluding carboxylic acids is 1. The van der Waals surface area contributed by atoms with E-state index in [0.29, 0.717) is 5.56 Å². The minimum absolute atomic E-state index is 0.348. The van der Waals surface area contributed by atoms with E-state index < -0.39 is 0 Å². The number of nitrogens with zero attached hydrogens (tertiary/aromatic N) is 3. The SMILES string of the molecule is COC(=O)c1cnn2cc(N3CCCC3)ccc12. The van der Waals surface area contributed by atoms with Crippen LogP contribution in [0.2, 0.25) is 0 Å². The van der Waals surface area contributed by atoms with Gasteiger partial charge in [0.2, 0.25) is 0 Å². The first-order chi connectivity index (χ1) is 8.79. The molecule has 0 amide bonds. The molecule has 3 heterocycles. The summed E-state index contributed by atoms with van der Waals surface area (Å²) in [7, 11) is 1.38. The quantitative estimate of drug-likeness (QED) is 0.756. The van der Waals surface area contributed by atoms with E-state index in [1.54, 1.807) is 10.7 Å². The summed E-state index contributed by atoms with van der Waals surface area (Å²) in [6.07, 6.45) is 6.00. The summed E-state index contributed by atoms with van der Waals surface area (Å²) >= 11 is 0. The molecule has 0 saturated carbocycles. The number of anilines is 1. The number of fused-ring (bicyclic) bond motifs is 1. The Morgan fingerprint density at radius 2 is 2.11 bits per heavy atom. The number of hydrogen-bond acceptors (Lipinski definition) is 4. The van der Waals surface area contributed by atoms with E-state index in [4.69, 9.17) is 4.74 Å². The molecule has 1 fully saturated rings. The molecule has 5 nitrogen and oxygen atoms in total. The second-order valence-electron chi connectivity index (χ2n) is 4.46. The number of methoxy groups -OCH3 is 1. The monoisotopic (exact) mass is 245 g/mol. The zero-order valence-electron chi connectivity index (χ0n) is 10.3. The number of ether oxygens (including phenoxy) is 1. The lowest BCUT2D eigenvalue weighted by Crippen LogP contribution is -2.18. The van der Waals surface area contributed by atoms with Crippen molar-refractivity contribution in [2.45, 2.75) is 12.8 Å². The molecule has 1 aliphatic rings. The van der Waals surface area contributed by atoms with Crippen LogP contribution in [-0.2, 0) is 4.74 Å². The Balaban J connectivity index is 2.01. The van der Waals surface area contributed by atoms with E-state index in [2.05, 4.69) is 10.00 Å². The zero-order valence-corrected chi connectivity index (χ0v) is 10.3. The van der Waals surface area contributed by atoms with Crippen LogP contribution < -0.4 is 4.90 Å². The first kappa shape index (κ1) is 11.1. The van der Waals surface area contributed by atoms with Crippen LogP contribution in [0.25, 0.3) is 5.52 Å². The molecule has 18 heavy (non-hydrogen) atoms. The molecule has 0 bridgehead atoms. The van der Waals surface area contributed by atoms with Crippen molar-refractivity contribution in [1.82, 2.24) is 9.61 Å². The van der Waals surface area contributed by atoms with Gasteiger partial charge in [-0.05, 0) is 25.0 Å². The number of aromatic nitrogens is 2. The lowest BCUT2D eigenvalue weighted by atomic mass is 10.2. The Morgan fingerprint density at radius 3 is 2.83 bits per heavy atom. The molecule has 5 heteroatoms. The summed E-state index contributed by atoms with van der Waals surface area (Å²) in [6, 6.07) is 3.96. The first-order valence-electron chi connectivity index (χ1n) is 6.10. The van der Waals surface area contributed by atoms with Gasteiger partial charge in [0.1, 0.15) is 5.56 Å². The predicted octanol–water partition coefficient (Wildman–Crippen LogP) is 1.72. The summed E-state index contributed by atoms with van der Waals surface area (Å²) in [6.45, 7) is 2.19. The molecule has 94 valence electrons. The summed E-state index contributed by atoms with van der Waals surface area (Å²) in [4.78, 5) is 13.9. The number of rotatable bonds is 2. The first-order valence-corrected chi connectivity index (χ1v) is 6.10. The fourth-order valence-corrected chi connectivity index (χ4v) is 2.40. The van der Waals surface area contributed by atoms with Crippen LogP contribution in [0.3, 0.4) is 0 Å². The molecule has 0 atom stereocenters. The van der Waals surface area contributed by atoms with Crippen LogP contribution in [-0.4, -0.2) is 35.8 Å². The summed E-state index contributed by atoms with van der Waals surface area (Å²) in [5.41, 5.74) is 2.44. The maximum absolute atomic E-state index is 11.5. The van der Waals surface area contributed by atoms with Gasteiger partial charge in [-0.3, -0.25) is 0 Å². The maximum Gasteiger partial charge on any atom is 0.341 e. The highest BCUT2D eigenvalue weighted by Gasteiger charge is 2.16. The van der Waals surface area contributed by atoms with Gasteiger partial charge in [-0.15, -0.1) is 0 Å². The Hall–Kier alpha value is -2.04. The van der Waals surface area contributed by atoms with Gasteiger partial charge < -0.3 is 9.64 Å². The van der Waals surface area contributed by atoms with Gasteiger partial charge in [0.05, 0.1) is 30.7 Å². The van der Waals surface area contributed by atoms with Crippen molar-refractivity contribution in [2.24, 2.45) is 0 Å². The van der Waals surface area contributed by atoms with Gasteiger partial charge in [-0.1, -0.05) is 0 Å². The Morgan fingerprint density at radius 1 is 1.33 bits per heavy atom. The van der Waals surface area contributed by atoms with Crippen molar-refractivity contribution in [3.8, 4) is 0 Å². The van der Waals surface area contributed by atoms with E-state index in [-0.39, 0.29) is 5.97 Å². The highest BCUT2D eigenvalue weighted by Crippen LogP contribution is 2.22. The summed E-state index contributed by atoms with van der Waals surface area (Å²) in [5.74, 6) is -0.348. The Labute approximate surface area is 105 Å². The van der Waals surface area contributed by atoms with Gasteiger partial charge in [0.15, 0.2) is 0 Å². The predicted molar refractivity (Wildman–Crippen MR) is 68.0 cm³/mol. The highest BCUT2D eigenvalue weighted by molar-refractivity contribution is 5.96. The molecule has 0 aliphatic carbocycles. The molecule has 1 saturated heterocycles. The fourth-order valence-electron chi connectivity index (χ4n) is 2.40. The van der Waals surface area contributed by atoms with Crippen LogP contribution in [0.4, 0.5) is 5.69 Å². The third kappa shape index (κ3) is 1.72. The second kappa shape index (κ2) is 4.33. The zero-order chi connectivity index (χ0) is 12.5. The van der Waals surface area contributed by atoms with Crippen molar-refractivity contribution < 1.29 is 9.53 Å². The van der Waals surface area contributed by atoms with E-state index in [1.807, 2.05) is 18.3 Å². The molecule has 0 radical (unpaired) electrons. The maximum atomic E-state index is 11.5. The normalized spacial score (nSPS) is 15.3. The van der Waals surface area contributed by atoms with Gasteiger partial charge in [0, 0.05) is 13.1 Å². The standard InChI is InChI=1S/C13H15N3O2/c1-18-13(17)11-8-14-16-9-10(4-5-12(11)16)15-6-2-3-7-15/h4-5,8-9H,2-3,6-7H2,1H3. The molecule has 0 unspecified atom stereocenters. The second-order valence-corrected chi connectivity index (χ2v) is 4.46. The third-order valence-electron chi connectivity index (χ3n) is 3.38. The molecule has 2 aromatic heterocycles. The number of esters is 1. The molecule has 2 aromatic rings. The van der Waals surface area contributed by atoms with Crippen LogP contribution in [0.15, 0.2) is 24.5 Å². The van der Waals surface area contributed by atoms with Crippen molar-refractivity contribution in [3.63, 3.8) is 0 Å². The summed E-state index contributed by atoms with van der Waals surface area (Å²) in [5, 5.41) is 4.21. The van der Waals surface area contributed by atoms with Crippen LogP contribution in [0, 0.1) is 0 Å². The lowest BCUT2D eigenvalue weighted by molar-refractivity contribution is 0.0603.